The van der Waals surface area contributed by atoms with Crippen molar-refractivity contribution in [2.75, 3.05) is 0 Å². The normalized spacial score (nSPS) is 23.8. The third kappa shape index (κ3) is 4.19. The molecule has 6 heteroatoms. The molecular formula is C20H27NO4S. The largest absolute Gasteiger partial charge is 0.393 e. The average molecular weight is 378 g/mol. The molecular weight excluding hydrogens is 350 g/mol. The van der Waals surface area contributed by atoms with Crippen molar-refractivity contribution in [1.29, 1.82) is 0 Å². The molecule has 0 spiro atoms. The van der Waals surface area contributed by atoms with Gasteiger partial charge in [0.2, 0.25) is 5.91 Å². The molecule has 1 fully saturated rings. The Hall–Kier alpha value is -1.63. The maximum Gasteiger partial charge on any atom is 0.233 e. The zero-order valence-corrected chi connectivity index (χ0v) is 16.7. The fourth-order valence-corrected chi connectivity index (χ4v) is 3.70. The van der Waals surface area contributed by atoms with E-state index in [4.69, 9.17) is 17.0 Å². The number of likely N-dealkylation sites (tertiary alicyclic amines) is 1. The standard InChI is InChI=1S/C20H27NO4S/c1-12(18(26)14-9-7-6-8-10-14)17-16(13(2)23)19(24)21(17)15(11-22)25-20(3,4)5/h6-13,15-17,23H,1-5H3/t12-,13-,15?,16-,17-/m1/s1. The molecule has 1 aliphatic heterocycles. The van der Waals surface area contributed by atoms with E-state index in [1.165, 1.54) is 4.90 Å². The van der Waals surface area contributed by atoms with Crippen LogP contribution in [0.25, 0.3) is 0 Å². The van der Waals surface area contributed by atoms with Gasteiger partial charge in [0.05, 0.1) is 23.7 Å². The number of rotatable bonds is 7. The average Bonchev–Trinajstić information content (AvgIpc) is 2.56. The van der Waals surface area contributed by atoms with E-state index in [1.807, 2.05) is 58.0 Å². The predicted octanol–water partition coefficient (Wildman–Crippen LogP) is 2.59. The molecule has 1 unspecified atom stereocenters. The number of hydrogen-bond acceptors (Lipinski definition) is 5. The number of thiocarbonyl (C=S) groups is 1. The highest BCUT2D eigenvalue weighted by atomic mass is 32.1. The Balaban J connectivity index is 2.32. The molecule has 0 saturated carbocycles. The summed E-state index contributed by atoms with van der Waals surface area (Å²) in [5, 5.41) is 10.1. The first-order valence-corrected chi connectivity index (χ1v) is 9.22. The first-order valence-electron chi connectivity index (χ1n) is 8.81. The molecule has 0 bridgehead atoms. The van der Waals surface area contributed by atoms with E-state index >= 15 is 0 Å². The number of benzene rings is 1. The summed E-state index contributed by atoms with van der Waals surface area (Å²) >= 11 is 5.63. The van der Waals surface area contributed by atoms with Gasteiger partial charge in [-0.25, -0.2) is 0 Å². The first kappa shape index (κ1) is 20.7. The number of hydrogen-bond donors (Lipinski definition) is 1. The van der Waals surface area contributed by atoms with Gasteiger partial charge in [0.25, 0.3) is 0 Å². The summed E-state index contributed by atoms with van der Waals surface area (Å²) in [5.74, 6) is -1.09. The van der Waals surface area contributed by atoms with E-state index in [0.717, 1.165) is 5.56 Å². The molecule has 1 aliphatic rings. The molecule has 1 aromatic carbocycles. The van der Waals surface area contributed by atoms with Gasteiger partial charge in [0, 0.05) is 10.8 Å². The monoisotopic (exact) mass is 377 g/mol. The van der Waals surface area contributed by atoms with Gasteiger partial charge >= 0.3 is 0 Å². The second kappa shape index (κ2) is 7.94. The second-order valence-electron chi connectivity index (χ2n) is 7.78. The number of nitrogens with zero attached hydrogens (tertiary/aromatic N) is 1. The molecule has 1 aromatic rings. The highest BCUT2D eigenvalue weighted by Crippen LogP contribution is 2.38. The van der Waals surface area contributed by atoms with E-state index in [0.29, 0.717) is 11.2 Å². The van der Waals surface area contributed by atoms with Gasteiger partial charge in [-0.05, 0) is 33.3 Å². The molecule has 1 amide bonds. The number of aliphatic hydroxyl groups excluding tert-OH is 1. The molecule has 0 radical (unpaired) electrons. The summed E-state index contributed by atoms with van der Waals surface area (Å²) < 4.78 is 5.77. The molecule has 2 rings (SSSR count). The van der Waals surface area contributed by atoms with Crippen molar-refractivity contribution in [3.05, 3.63) is 35.9 Å². The minimum atomic E-state index is -0.997. The van der Waals surface area contributed by atoms with E-state index in [1.54, 1.807) is 6.92 Å². The van der Waals surface area contributed by atoms with Crippen LogP contribution in [0.15, 0.2) is 30.3 Å². The molecule has 1 saturated heterocycles. The first-order chi connectivity index (χ1) is 12.1. The number of β-lactam (4-membered cyclic amide) rings is 1. The number of amides is 1. The maximum atomic E-state index is 12.6. The van der Waals surface area contributed by atoms with Crippen LogP contribution in [0, 0.1) is 11.8 Å². The lowest BCUT2D eigenvalue weighted by molar-refractivity contribution is -0.205. The van der Waals surface area contributed by atoms with Gasteiger partial charge in [0.15, 0.2) is 12.5 Å². The molecule has 1 heterocycles. The Kier molecular flexibility index (Phi) is 6.32. The van der Waals surface area contributed by atoms with Crippen molar-refractivity contribution >= 4 is 29.3 Å². The van der Waals surface area contributed by atoms with Crippen LogP contribution in [-0.4, -0.2) is 51.0 Å². The highest BCUT2D eigenvalue weighted by molar-refractivity contribution is 7.80. The Morgan fingerprint density at radius 3 is 2.31 bits per heavy atom. The summed E-state index contributed by atoms with van der Waals surface area (Å²) in [6.45, 7) is 8.99. The fraction of sp³-hybridized carbons (Fsp3) is 0.550. The van der Waals surface area contributed by atoms with Gasteiger partial charge in [0.1, 0.15) is 0 Å². The zero-order chi connectivity index (χ0) is 19.6. The predicted molar refractivity (Wildman–Crippen MR) is 104 cm³/mol. The van der Waals surface area contributed by atoms with E-state index in [2.05, 4.69) is 0 Å². The topological polar surface area (TPSA) is 66.8 Å². The quantitative estimate of drug-likeness (QED) is 0.342. The minimum absolute atomic E-state index is 0.212. The van der Waals surface area contributed by atoms with Crippen LogP contribution in [0.1, 0.15) is 40.2 Å². The summed E-state index contributed by atoms with van der Waals surface area (Å²) in [6, 6.07) is 9.16. The summed E-state index contributed by atoms with van der Waals surface area (Å²) in [7, 11) is 0. The van der Waals surface area contributed by atoms with Crippen molar-refractivity contribution in [3.63, 3.8) is 0 Å². The van der Waals surface area contributed by atoms with Crippen molar-refractivity contribution in [2.24, 2.45) is 11.8 Å². The second-order valence-corrected chi connectivity index (χ2v) is 8.22. The van der Waals surface area contributed by atoms with E-state index in [-0.39, 0.29) is 11.8 Å². The molecule has 26 heavy (non-hydrogen) atoms. The Bertz CT molecular complexity index is 668. The molecule has 5 atom stereocenters. The summed E-state index contributed by atoms with van der Waals surface area (Å²) in [5.41, 5.74) is 0.313. The molecule has 0 aliphatic carbocycles. The Morgan fingerprint density at radius 2 is 1.85 bits per heavy atom. The Labute approximate surface area is 160 Å². The third-order valence-electron chi connectivity index (χ3n) is 4.60. The van der Waals surface area contributed by atoms with Gasteiger partial charge < -0.3 is 14.7 Å². The number of carbonyl (C=O) groups is 2. The minimum Gasteiger partial charge on any atom is -0.393 e. The van der Waals surface area contributed by atoms with Crippen molar-refractivity contribution in [1.82, 2.24) is 4.90 Å². The highest BCUT2D eigenvalue weighted by Gasteiger charge is 2.55. The van der Waals surface area contributed by atoms with Crippen LogP contribution in [0.2, 0.25) is 0 Å². The smallest absolute Gasteiger partial charge is 0.233 e. The number of aldehydes is 1. The van der Waals surface area contributed by atoms with Gasteiger partial charge in [-0.15, -0.1) is 0 Å². The van der Waals surface area contributed by atoms with Crippen LogP contribution in [-0.2, 0) is 14.3 Å². The lowest BCUT2D eigenvalue weighted by Crippen LogP contribution is -2.71. The van der Waals surface area contributed by atoms with Crippen LogP contribution >= 0.6 is 12.2 Å². The van der Waals surface area contributed by atoms with E-state index < -0.39 is 29.9 Å². The van der Waals surface area contributed by atoms with Gasteiger partial charge in [-0.2, -0.15) is 0 Å². The summed E-state index contributed by atoms with van der Waals surface area (Å²) in [4.78, 5) is 26.4. The van der Waals surface area contributed by atoms with Crippen LogP contribution in [0.3, 0.4) is 0 Å². The van der Waals surface area contributed by atoms with E-state index in [9.17, 15) is 14.7 Å². The fourth-order valence-electron chi connectivity index (χ4n) is 3.43. The van der Waals surface area contributed by atoms with Gasteiger partial charge in [-0.1, -0.05) is 49.5 Å². The van der Waals surface area contributed by atoms with Gasteiger partial charge in [-0.3, -0.25) is 9.59 Å². The van der Waals surface area contributed by atoms with Crippen LogP contribution < -0.4 is 0 Å². The molecule has 0 aromatic heterocycles. The van der Waals surface area contributed by atoms with Crippen LogP contribution in [0.4, 0.5) is 0 Å². The Morgan fingerprint density at radius 1 is 1.27 bits per heavy atom. The molecule has 1 N–H and O–H groups in total. The maximum absolute atomic E-state index is 12.6. The number of aliphatic hydroxyl groups is 1. The van der Waals surface area contributed by atoms with Crippen molar-refractivity contribution in [3.8, 4) is 0 Å². The lowest BCUT2D eigenvalue weighted by atomic mass is 9.74. The third-order valence-corrected chi connectivity index (χ3v) is 5.21. The molecule has 5 nitrogen and oxygen atoms in total. The number of carbonyl (C=O) groups excluding carboxylic acids is 2. The van der Waals surface area contributed by atoms with Crippen molar-refractivity contribution in [2.45, 2.75) is 58.6 Å². The molecule has 142 valence electrons. The zero-order valence-electron chi connectivity index (χ0n) is 15.9. The lowest BCUT2D eigenvalue weighted by Gasteiger charge is -2.53. The number of ether oxygens (including phenoxy) is 1. The van der Waals surface area contributed by atoms with Crippen molar-refractivity contribution < 1.29 is 19.4 Å². The SMILES string of the molecule is C[C@@H](O)[C@H]1C(=O)N(C(C=O)OC(C)(C)C)[C@@H]1[C@@H](C)C(=S)c1ccccc1. The summed E-state index contributed by atoms with van der Waals surface area (Å²) in [6.07, 6.45) is -1.19. The van der Waals surface area contributed by atoms with Crippen LogP contribution in [0.5, 0.6) is 0 Å².